The molecular formula is C14H21NO3. The number of hydrogen-bond donors (Lipinski definition) is 1. The second-order valence-electron chi connectivity index (χ2n) is 3.98. The first-order valence-electron chi connectivity index (χ1n) is 6.36. The van der Waals surface area contributed by atoms with Crippen LogP contribution >= 0.6 is 0 Å². The Morgan fingerprint density at radius 1 is 1.28 bits per heavy atom. The Hall–Kier alpha value is -1.71. The van der Waals surface area contributed by atoms with Crippen LogP contribution < -0.4 is 9.64 Å². The number of carbonyl (C=O) groups is 1. The van der Waals surface area contributed by atoms with Gasteiger partial charge < -0.3 is 14.7 Å². The Labute approximate surface area is 108 Å². The second-order valence-corrected chi connectivity index (χ2v) is 3.98. The van der Waals surface area contributed by atoms with Crippen LogP contribution in [0.1, 0.15) is 27.2 Å². The van der Waals surface area contributed by atoms with E-state index in [1.165, 1.54) is 0 Å². The third kappa shape index (κ3) is 3.39. The van der Waals surface area contributed by atoms with E-state index in [0.717, 1.165) is 11.4 Å². The summed E-state index contributed by atoms with van der Waals surface area (Å²) in [4.78, 5) is 13.1. The normalized spacial score (nSPS) is 11.9. The standard InChI is InChI=1S/C14H21NO3/c1-4-13(14(16)17)15(5-2)11-7-9-12(10-8-11)18-6-3/h7-10,13H,4-6H2,1-3H3,(H,16,17)/t13-/m0/s1. The van der Waals surface area contributed by atoms with E-state index in [1.54, 1.807) is 0 Å². The van der Waals surface area contributed by atoms with Crippen LogP contribution in [0.2, 0.25) is 0 Å². The van der Waals surface area contributed by atoms with Gasteiger partial charge in [0.1, 0.15) is 11.8 Å². The molecular weight excluding hydrogens is 230 g/mol. The monoisotopic (exact) mass is 251 g/mol. The molecule has 0 aliphatic heterocycles. The Kier molecular flexibility index (Phi) is 5.49. The predicted molar refractivity (Wildman–Crippen MR) is 72.3 cm³/mol. The SMILES string of the molecule is CCOc1ccc(N(CC)[C@@H](CC)C(=O)O)cc1. The minimum Gasteiger partial charge on any atom is -0.494 e. The first kappa shape index (κ1) is 14.4. The molecule has 0 saturated heterocycles. The van der Waals surface area contributed by atoms with Crippen LogP contribution in [0.5, 0.6) is 5.75 Å². The first-order chi connectivity index (χ1) is 8.63. The zero-order chi connectivity index (χ0) is 13.5. The zero-order valence-corrected chi connectivity index (χ0v) is 11.2. The van der Waals surface area contributed by atoms with Crippen molar-refractivity contribution < 1.29 is 14.6 Å². The van der Waals surface area contributed by atoms with E-state index in [9.17, 15) is 9.90 Å². The van der Waals surface area contributed by atoms with Gasteiger partial charge in [0.25, 0.3) is 0 Å². The number of nitrogens with zero attached hydrogens (tertiary/aromatic N) is 1. The van der Waals surface area contributed by atoms with Gasteiger partial charge in [-0.2, -0.15) is 0 Å². The van der Waals surface area contributed by atoms with E-state index in [0.29, 0.717) is 19.6 Å². The molecule has 1 aromatic rings. The molecule has 1 atom stereocenters. The van der Waals surface area contributed by atoms with Crippen molar-refractivity contribution in [3.63, 3.8) is 0 Å². The van der Waals surface area contributed by atoms with E-state index in [2.05, 4.69) is 0 Å². The van der Waals surface area contributed by atoms with Gasteiger partial charge in [-0.15, -0.1) is 0 Å². The molecule has 0 aromatic heterocycles. The maximum Gasteiger partial charge on any atom is 0.326 e. The van der Waals surface area contributed by atoms with Gasteiger partial charge in [0.05, 0.1) is 6.61 Å². The zero-order valence-electron chi connectivity index (χ0n) is 11.2. The number of carboxylic acids is 1. The third-order valence-corrected chi connectivity index (χ3v) is 2.87. The lowest BCUT2D eigenvalue weighted by Gasteiger charge is -2.29. The molecule has 0 fully saturated rings. The number of anilines is 1. The van der Waals surface area contributed by atoms with Crippen molar-refractivity contribution in [3.8, 4) is 5.75 Å². The van der Waals surface area contributed by atoms with E-state index >= 15 is 0 Å². The minimum atomic E-state index is -0.784. The van der Waals surface area contributed by atoms with Gasteiger partial charge in [0, 0.05) is 12.2 Å². The van der Waals surface area contributed by atoms with Crippen molar-refractivity contribution in [2.75, 3.05) is 18.1 Å². The summed E-state index contributed by atoms with van der Waals surface area (Å²) in [6.45, 7) is 7.07. The van der Waals surface area contributed by atoms with Crippen molar-refractivity contribution >= 4 is 11.7 Å². The fourth-order valence-electron chi connectivity index (χ4n) is 2.01. The molecule has 18 heavy (non-hydrogen) atoms. The average Bonchev–Trinajstić information content (AvgIpc) is 2.37. The lowest BCUT2D eigenvalue weighted by molar-refractivity contribution is -0.138. The maximum absolute atomic E-state index is 11.2. The number of likely N-dealkylation sites (N-methyl/N-ethyl adjacent to an activating group) is 1. The molecule has 0 unspecified atom stereocenters. The number of carboxylic acid groups (broad SMARTS) is 1. The molecule has 4 nitrogen and oxygen atoms in total. The van der Waals surface area contributed by atoms with Gasteiger partial charge in [-0.3, -0.25) is 0 Å². The lowest BCUT2D eigenvalue weighted by Crippen LogP contribution is -2.40. The molecule has 0 amide bonds. The van der Waals surface area contributed by atoms with E-state index < -0.39 is 12.0 Å². The molecule has 0 saturated carbocycles. The van der Waals surface area contributed by atoms with Gasteiger partial charge in [-0.1, -0.05) is 6.92 Å². The van der Waals surface area contributed by atoms with Crippen LogP contribution in [-0.2, 0) is 4.79 Å². The second kappa shape index (κ2) is 6.89. The highest BCUT2D eigenvalue weighted by atomic mass is 16.5. The van der Waals surface area contributed by atoms with Gasteiger partial charge in [0.15, 0.2) is 0 Å². The Balaban J connectivity index is 2.90. The summed E-state index contributed by atoms with van der Waals surface area (Å²) in [5.41, 5.74) is 0.912. The predicted octanol–water partition coefficient (Wildman–Crippen LogP) is 2.77. The number of hydrogen-bond acceptors (Lipinski definition) is 3. The number of rotatable bonds is 7. The lowest BCUT2D eigenvalue weighted by atomic mass is 10.1. The smallest absolute Gasteiger partial charge is 0.326 e. The molecule has 1 rings (SSSR count). The van der Waals surface area contributed by atoms with Crippen LogP contribution in [0, 0.1) is 0 Å². The van der Waals surface area contributed by atoms with Crippen molar-refractivity contribution in [3.05, 3.63) is 24.3 Å². The van der Waals surface area contributed by atoms with Crippen LogP contribution in [-0.4, -0.2) is 30.3 Å². The summed E-state index contributed by atoms with van der Waals surface area (Å²) < 4.78 is 5.37. The molecule has 0 aliphatic carbocycles. The Bertz CT molecular complexity index is 375. The highest BCUT2D eigenvalue weighted by molar-refractivity contribution is 5.78. The van der Waals surface area contributed by atoms with Gasteiger partial charge in [-0.05, 0) is 44.5 Å². The maximum atomic E-state index is 11.2. The number of aliphatic carboxylic acids is 1. The van der Waals surface area contributed by atoms with Crippen LogP contribution in [0.4, 0.5) is 5.69 Å². The van der Waals surface area contributed by atoms with Gasteiger partial charge >= 0.3 is 5.97 Å². The topological polar surface area (TPSA) is 49.8 Å². The van der Waals surface area contributed by atoms with Crippen LogP contribution in [0.3, 0.4) is 0 Å². The van der Waals surface area contributed by atoms with Crippen molar-refractivity contribution in [1.82, 2.24) is 0 Å². The molecule has 0 spiro atoms. The fourth-order valence-corrected chi connectivity index (χ4v) is 2.01. The summed E-state index contributed by atoms with van der Waals surface area (Å²) >= 11 is 0. The van der Waals surface area contributed by atoms with Crippen LogP contribution in [0.25, 0.3) is 0 Å². The first-order valence-corrected chi connectivity index (χ1v) is 6.36. The van der Waals surface area contributed by atoms with Crippen molar-refractivity contribution in [1.29, 1.82) is 0 Å². The van der Waals surface area contributed by atoms with E-state index in [4.69, 9.17) is 4.74 Å². The van der Waals surface area contributed by atoms with Crippen molar-refractivity contribution in [2.45, 2.75) is 33.2 Å². The molecule has 0 aliphatic rings. The summed E-state index contributed by atoms with van der Waals surface area (Å²) in [7, 11) is 0. The molecule has 0 bridgehead atoms. The summed E-state index contributed by atoms with van der Waals surface area (Å²) in [5.74, 6) is 0.0221. The number of ether oxygens (including phenoxy) is 1. The molecule has 0 heterocycles. The highest BCUT2D eigenvalue weighted by Gasteiger charge is 2.22. The third-order valence-electron chi connectivity index (χ3n) is 2.87. The fraction of sp³-hybridized carbons (Fsp3) is 0.500. The average molecular weight is 251 g/mol. The van der Waals surface area contributed by atoms with E-state index in [-0.39, 0.29) is 0 Å². The largest absolute Gasteiger partial charge is 0.494 e. The molecule has 1 aromatic carbocycles. The van der Waals surface area contributed by atoms with Gasteiger partial charge in [-0.25, -0.2) is 4.79 Å². The summed E-state index contributed by atoms with van der Waals surface area (Å²) in [6.07, 6.45) is 0.580. The summed E-state index contributed by atoms with van der Waals surface area (Å²) in [5, 5.41) is 9.21. The molecule has 1 N–H and O–H groups in total. The summed E-state index contributed by atoms with van der Waals surface area (Å²) in [6, 6.07) is 7.07. The number of benzene rings is 1. The van der Waals surface area contributed by atoms with Gasteiger partial charge in [0.2, 0.25) is 0 Å². The molecule has 4 heteroatoms. The molecule has 100 valence electrons. The molecule has 0 radical (unpaired) electrons. The van der Waals surface area contributed by atoms with Crippen molar-refractivity contribution in [2.24, 2.45) is 0 Å². The quantitative estimate of drug-likeness (QED) is 0.809. The van der Waals surface area contributed by atoms with Crippen LogP contribution in [0.15, 0.2) is 24.3 Å². The Morgan fingerprint density at radius 3 is 2.28 bits per heavy atom. The minimum absolute atomic E-state index is 0.479. The Morgan fingerprint density at radius 2 is 1.89 bits per heavy atom. The van der Waals surface area contributed by atoms with E-state index in [1.807, 2.05) is 49.9 Å². The highest BCUT2D eigenvalue weighted by Crippen LogP contribution is 2.22.